The van der Waals surface area contributed by atoms with E-state index in [0.29, 0.717) is 6.54 Å². The summed E-state index contributed by atoms with van der Waals surface area (Å²) in [6.07, 6.45) is 2.65. The number of nitrogens with two attached hydrogens (primary N) is 1. The summed E-state index contributed by atoms with van der Waals surface area (Å²) in [6, 6.07) is 7.62. The summed E-state index contributed by atoms with van der Waals surface area (Å²) in [5.74, 6) is 0.745. The van der Waals surface area contributed by atoms with Crippen molar-refractivity contribution in [2.45, 2.75) is 25.4 Å². The first-order valence-electron chi connectivity index (χ1n) is 5.74. The average Bonchev–Trinajstić information content (AvgIpc) is 2.28. The van der Waals surface area contributed by atoms with Gasteiger partial charge in [-0.2, -0.15) is 0 Å². The second-order valence-electron chi connectivity index (χ2n) is 4.56. The molecular weight excluding hydrogens is 202 g/mol. The van der Waals surface area contributed by atoms with Gasteiger partial charge in [-0.05, 0) is 18.9 Å². The van der Waals surface area contributed by atoms with Crippen LogP contribution in [0.4, 0.5) is 0 Å². The molecule has 1 aliphatic carbocycles. The second-order valence-corrected chi connectivity index (χ2v) is 4.56. The fraction of sp³-hybridized carbons (Fsp3) is 0.538. The van der Waals surface area contributed by atoms with Crippen LogP contribution in [-0.4, -0.2) is 18.8 Å². The van der Waals surface area contributed by atoms with Gasteiger partial charge in [-0.1, -0.05) is 24.6 Å². The third-order valence-corrected chi connectivity index (χ3v) is 3.77. The third kappa shape index (κ3) is 1.70. The number of rotatable bonds is 4. The minimum absolute atomic E-state index is 0.130. The average molecular weight is 221 g/mol. The van der Waals surface area contributed by atoms with Crippen molar-refractivity contribution < 1.29 is 9.84 Å². The number of benzene rings is 1. The summed E-state index contributed by atoms with van der Waals surface area (Å²) >= 11 is 0. The molecule has 1 aromatic carbocycles. The van der Waals surface area contributed by atoms with Crippen LogP contribution >= 0.6 is 0 Å². The molecule has 3 heteroatoms. The van der Waals surface area contributed by atoms with E-state index in [1.165, 1.54) is 0 Å². The number of methoxy groups -OCH3 is 1. The van der Waals surface area contributed by atoms with Crippen molar-refractivity contribution in [3.63, 3.8) is 0 Å². The van der Waals surface area contributed by atoms with E-state index in [2.05, 4.69) is 0 Å². The lowest BCUT2D eigenvalue weighted by Crippen LogP contribution is -2.42. The van der Waals surface area contributed by atoms with Crippen LogP contribution < -0.4 is 10.5 Å². The van der Waals surface area contributed by atoms with Crippen LogP contribution in [0.15, 0.2) is 24.3 Å². The monoisotopic (exact) mass is 221 g/mol. The van der Waals surface area contributed by atoms with Gasteiger partial charge in [-0.3, -0.25) is 0 Å². The van der Waals surface area contributed by atoms with Crippen molar-refractivity contribution in [1.82, 2.24) is 0 Å². The first-order valence-corrected chi connectivity index (χ1v) is 5.74. The molecule has 0 amide bonds. The summed E-state index contributed by atoms with van der Waals surface area (Å²) in [7, 11) is 1.63. The fourth-order valence-electron chi connectivity index (χ4n) is 2.44. The molecule has 16 heavy (non-hydrogen) atoms. The maximum atomic E-state index is 10.4. The predicted octanol–water partition coefficient (Wildman–Crippen LogP) is 1.86. The number of aliphatic hydroxyl groups is 1. The molecule has 0 aliphatic heterocycles. The lowest BCUT2D eigenvalue weighted by Gasteiger charge is -2.45. The van der Waals surface area contributed by atoms with Gasteiger partial charge in [0.15, 0.2) is 0 Å². The van der Waals surface area contributed by atoms with Crippen molar-refractivity contribution >= 4 is 0 Å². The Hall–Kier alpha value is -1.06. The largest absolute Gasteiger partial charge is 0.496 e. The van der Waals surface area contributed by atoms with Gasteiger partial charge >= 0.3 is 0 Å². The van der Waals surface area contributed by atoms with Gasteiger partial charge in [0.05, 0.1) is 13.2 Å². The Morgan fingerprint density at radius 1 is 1.44 bits per heavy atom. The van der Waals surface area contributed by atoms with Gasteiger partial charge in [0.2, 0.25) is 0 Å². The topological polar surface area (TPSA) is 55.5 Å². The highest BCUT2D eigenvalue weighted by Crippen LogP contribution is 2.50. The molecule has 1 aliphatic rings. The lowest BCUT2D eigenvalue weighted by molar-refractivity contribution is -0.0308. The molecule has 0 radical (unpaired) electrons. The molecule has 0 bridgehead atoms. The van der Waals surface area contributed by atoms with Gasteiger partial charge in [0.25, 0.3) is 0 Å². The van der Waals surface area contributed by atoms with Crippen molar-refractivity contribution in [3.05, 3.63) is 29.8 Å². The van der Waals surface area contributed by atoms with Crippen molar-refractivity contribution in [3.8, 4) is 5.75 Å². The number of ether oxygens (including phenoxy) is 1. The van der Waals surface area contributed by atoms with E-state index in [1.54, 1.807) is 7.11 Å². The summed E-state index contributed by atoms with van der Waals surface area (Å²) in [4.78, 5) is 0. The first-order chi connectivity index (χ1) is 7.73. The fourth-order valence-corrected chi connectivity index (χ4v) is 2.44. The number of hydrogen-bond acceptors (Lipinski definition) is 3. The van der Waals surface area contributed by atoms with E-state index in [1.807, 2.05) is 24.3 Å². The molecule has 1 fully saturated rings. The Morgan fingerprint density at radius 2 is 2.12 bits per heavy atom. The molecule has 1 aromatic rings. The lowest BCUT2D eigenvalue weighted by atomic mass is 9.63. The molecule has 0 saturated heterocycles. The van der Waals surface area contributed by atoms with Gasteiger partial charge in [0, 0.05) is 17.5 Å². The molecule has 88 valence electrons. The number of aliphatic hydroxyl groups excluding tert-OH is 1. The van der Waals surface area contributed by atoms with E-state index in [0.717, 1.165) is 30.6 Å². The molecular formula is C13H19NO2. The molecule has 2 rings (SSSR count). The Morgan fingerprint density at radius 3 is 2.62 bits per heavy atom. The second kappa shape index (κ2) is 4.44. The van der Waals surface area contributed by atoms with Crippen molar-refractivity contribution in [2.75, 3.05) is 13.7 Å². The van der Waals surface area contributed by atoms with Crippen LogP contribution in [0.1, 0.15) is 30.9 Å². The Kier molecular flexibility index (Phi) is 3.17. The zero-order valence-corrected chi connectivity index (χ0v) is 9.65. The minimum Gasteiger partial charge on any atom is -0.496 e. The summed E-state index contributed by atoms with van der Waals surface area (Å²) in [5, 5.41) is 10.4. The molecule has 0 heterocycles. The molecule has 3 N–H and O–H groups in total. The maximum Gasteiger partial charge on any atom is 0.124 e. The van der Waals surface area contributed by atoms with Crippen molar-refractivity contribution in [2.24, 2.45) is 11.1 Å². The maximum absolute atomic E-state index is 10.4. The van der Waals surface area contributed by atoms with E-state index in [4.69, 9.17) is 10.5 Å². The third-order valence-electron chi connectivity index (χ3n) is 3.77. The zero-order chi connectivity index (χ0) is 11.6. The molecule has 3 nitrogen and oxygen atoms in total. The summed E-state index contributed by atoms with van der Waals surface area (Å²) in [5.41, 5.74) is 6.52. The molecule has 1 unspecified atom stereocenters. The molecule has 0 aromatic heterocycles. The van der Waals surface area contributed by atoms with Gasteiger partial charge in [-0.25, -0.2) is 0 Å². The highest BCUT2D eigenvalue weighted by Gasteiger charge is 2.43. The SMILES string of the molecule is COc1ccccc1C(O)C1(CN)CCC1. The highest BCUT2D eigenvalue weighted by molar-refractivity contribution is 5.36. The highest BCUT2D eigenvalue weighted by atomic mass is 16.5. The number of hydrogen-bond donors (Lipinski definition) is 2. The van der Waals surface area contributed by atoms with Crippen LogP contribution in [0.25, 0.3) is 0 Å². The van der Waals surface area contributed by atoms with Gasteiger partial charge < -0.3 is 15.6 Å². The van der Waals surface area contributed by atoms with Gasteiger partial charge in [0.1, 0.15) is 5.75 Å². The summed E-state index contributed by atoms with van der Waals surface area (Å²) < 4.78 is 5.27. The minimum atomic E-state index is -0.512. The standard InChI is InChI=1S/C13H19NO2/c1-16-11-6-3-2-5-10(11)12(15)13(9-14)7-4-8-13/h2-3,5-6,12,15H,4,7-9,14H2,1H3. The van der Waals surface area contributed by atoms with Crippen LogP contribution in [0.3, 0.4) is 0 Å². The molecule has 1 atom stereocenters. The van der Waals surface area contributed by atoms with Crippen LogP contribution in [-0.2, 0) is 0 Å². The molecule has 0 spiro atoms. The van der Waals surface area contributed by atoms with Crippen LogP contribution in [0, 0.1) is 5.41 Å². The smallest absolute Gasteiger partial charge is 0.124 e. The van der Waals surface area contributed by atoms with Crippen LogP contribution in [0.5, 0.6) is 5.75 Å². The Labute approximate surface area is 96.2 Å². The predicted molar refractivity (Wildman–Crippen MR) is 63.3 cm³/mol. The first kappa shape index (κ1) is 11.4. The van der Waals surface area contributed by atoms with E-state index >= 15 is 0 Å². The normalized spacial score (nSPS) is 19.9. The van der Waals surface area contributed by atoms with E-state index in [9.17, 15) is 5.11 Å². The van der Waals surface area contributed by atoms with E-state index < -0.39 is 6.10 Å². The van der Waals surface area contributed by atoms with Crippen molar-refractivity contribution in [1.29, 1.82) is 0 Å². The van der Waals surface area contributed by atoms with Crippen LogP contribution in [0.2, 0.25) is 0 Å². The zero-order valence-electron chi connectivity index (χ0n) is 9.65. The van der Waals surface area contributed by atoms with E-state index in [-0.39, 0.29) is 5.41 Å². The van der Waals surface area contributed by atoms with Gasteiger partial charge in [-0.15, -0.1) is 0 Å². The number of para-hydroxylation sites is 1. The summed E-state index contributed by atoms with van der Waals surface area (Å²) in [6.45, 7) is 0.534. The molecule has 1 saturated carbocycles. The Balaban J connectivity index is 2.29. The Bertz CT molecular complexity index is 355. The quantitative estimate of drug-likeness (QED) is 0.816.